The van der Waals surface area contributed by atoms with E-state index in [0.29, 0.717) is 36.0 Å². The highest BCUT2D eigenvalue weighted by Gasteiger charge is 2.32. The van der Waals surface area contributed by atoms with Gasteiger partial charge in [0.15, 0.2) is 0 Å². The number of alkyl halides is 6. The van der Waals surface area contributed by atoms with Gasteiger partial charge in [-0.2, -0.15) is 26.3 Å². The molecular weight excluding hydrogens is 966 g/mol. The van der Waals surface area contributed by atoms with E-state index in [9.17, 15) is 43.9 Å². The number of hydrogen-bond acceptors (Lipinski definition) is 10. The van der Waals surface area contributed by atoms with E-state index in [1.165, 1.54) is 6.08 Å². The largest absolute Gasteiger partial charge is 0.438 e. The number of anilines is 2. The Kier molecular flexibility index (Phi) is 14.5. The Bertz CT molecular complexity index is 3080. The van der Waals surface area contributed by atoms with Gasteiger partial charge in [0.2, 0.25) is 11.8 Å². The number of nitrogens with zero attached hydrogens (tertiary/aromatic N) is 6. The summed E-state index contributed by atoms with van der Waals surface area (Å²) in [7, 11) is 0. The summed E-state index contributed by atoms with van der Waals surface area (Å²) in [5.74, 6) is -2.04. The average Bonchev–Trinajstić information content (AvgIpc) is 3.30. The molecule has 0 fully saturated rings. The number of ether oxygens (including phenoxy) is 2. The Morgan fingerprint density at radius 2 is 0.985 bits per heavy atom. The smallest absolute Gasteiger partial charge is 0.416 e. The van der Waals surface area contributed by atoms with Gasteiger partial charge in [-0.15, -0.1) is 0 Å². The molecule has 0 radical (unpaired) electrons. The van der Waals surface area contributed by atoms with Crippen LogP contribution in [-0.2, 0) is 25.2 Å². The molecule has 0 unspecified atom stereocenters. The van der Waals surface area contributed by atoms with E-state index < -0.39 is 46.7 Å². The van der Waals surface area contributed by atoms with Crippen LogP contribution in [0.4, 0.5) is 55.5 Å². The molecule has 0 spiro atoms. The maximum absolute atomic E-state index is 14.2. The number of nitrogens with one attached hydrogen (secondary N) is 2. The van der Waals surface area contributed by atoms with Crippen LogP contribution < -0.4 is 20.1 Å². The van der Waals surface area contributed by atoms with Crippen LogP contribution in [0, 0.1) is 23.3 Å². The Hall–Kier alpha value is -7.42. The van der Waals surface area contributed by atoms with Gasteiger partial charge in [-0.25, -0.2) is 47.5 Å². The lowest BCUT2D eigenvalue weighted by Gasteiger charge is -2.13. The zero-order chi connectivity index (χ0) is 47.9. The second-order valence-electron chi connectivity index (χ2n) is 14.1. The monoisotopic (exact) mass is 996 g/mol. The van der Waals surface area contributed by atoms with Crippen LogP contribution in [0.3, 0.4) is 0 Å². The first-order valence-corrected chi connectivity index (χ1v) is 20.4. The minimum Gasteiger partial charge on any atom is -0.438 e. The van der Waals surface area contributed by atoms with Crippen molar-refractivity contribution in [1.29, 1.82) is 0 Å². The number of halogens is 11. The Balaban J connectivity index is 0.000000199. The Morgan fingerprint density at radius 1 is 0.537 bits per heavy atom. The van der Waals surface area contributed by atoms with E-state index in [2.05, 4.69) is 63.0 Å². The maximum atomic E-state index is 14.2. The topological polar surface area (TPSA) is 120 Å². The molecule has 0 atom stereocenters. The van der Waals surface area contributed by atoms with Crippen molar-refractivity contribution in [1.82, 2.24) is 29.9 Å². The van der Waals surface area contributed by atoms with Gasteiger partial charge < -0.3 is 20.1 Å². The summed E-state index contributed by atoms with van der Waals surface area (Å²) in [6, 6.07) is 17.5. The minimum atomic E-state index is -4.51. The van der Waals surface area contributed by atoms with Crippen LogP contribution in [0.2, 0.25) is 0 Å². The number of fused-ring (bicyclic) bond motifs is 2. The van der Waals surface area contributed by atoms with Crippen molar-refractivity contribution in [3.05, 3.63) is 172 Å². The fraction of sp³-hybridized carbons (Fsp3) is 0.130. The number of pyridine rings is 2. The minimum absolute atomic E-state index is 0.0315. The molecule has 8 rings (SSSR count). The van der Waals surface area contributed by atoms with E-state index >= 15 is 0 Å². The SMILES string of the molecule is C=Cc1cc(CCNc2ncnc3c(F)ccc(F)c23)ccc1Oc1cc(C(F)(F)F)ccn1.Fc1ccc(F)c2c(NCCc3ccc(Oc4cc(C(F)(F)F)ccn4)c(Br)c3)ncnc12. The van der Waals surface area contributed by atoms with Crippen molar-refractivity contribution < 1.29 is 53.4 Å². The van der Waals surface area contributed by atoms with E-state index in [4.69, 9.17) is 9.47 Å². The summed E-state index contributed by atoms with van der Waals surface area (Å²) in [6.45, 7) is 4.41. The summed E-state index contributed by atoms with van der Waals surface area (Å²) in [5.41, 5.74) is 0.294. The first kappa shape index (κ1) is 47.5. The fourth-order valence-electron chi connectivity index (χ4n) is 6.42. The molecule has 4 heterocycles. The van der Waals surface area contributed by atoms with Crippen molar-refractivity contribution in [2.45, 2.75) is 25.2 Å². The number of aromatic nitrogens is 6. The standard InChI is InChI=1S/C24H17F5N4O.C22H14BrF5N4O/c1-2-15-11-14(3-6-19(15)34-20-12-16(8-10-30-20)24(27,28)29)7-9-31-23-21-17(25)4-5-18(26)22(21)32-13-33-23;23-14-9-12(1-4-17(14)33-18-10-13(6-8-29-18)22(26,27)28)5-7-30-21-19-15(24)2-3-16(25)20(19)31-11-32-21/h2-6,8,10-13H,1,7,9H2,(H,31,32,33);1-4,6,8-11H,5,7H2,(H,30,31,32). The van der Waals surface area contributed by atoms with Crippen LogP contribution in [0.5, 0.6) is 23.3 Å². The molecule has 0 saturated heterocycles. The molecule has 0 aliphatic heterocycles. The molecule has 0 amide bonds. The highest BCUT2D eigenvalue weighted by Crippen LogP contribution is 2.36. The van der Waals surface area contributed by atoms with Crippen LogP contribution in [0.1, 0.15) is 27.8 Å². The van der Waals surface area contributed by atoms with Crippen molar-refractivity contribution in [3.63, 3.8) is 0 Å². The van der Waals surface area contributed by atoms with Crippen LogP contribution in [0.25, 0.3) is 27.9 Å². The number of benzene rings is 4. The molecule has 4 aromatic carbocycles. The molecule has 0 aliphatic rings. The molecule has 10 nitrogen and oxygen atoms in total. The van der Waals surface area contributed by atoms with Gasteiger partial charge in [-0.1, -0.05) is 24.8 Å². The molecule has 4 aromatic heterocycles. The highest BCUT2D eigenvalue weighted by atomic mass is 79.9. The molecule has 344 valence electrons. The first-order chi connectivity index (χ1) is 32.0. The van der Waals surface area contributed by atoms with Crippen molar-refractivity contribution in [2.75, 3.05) is 23.7 Å². The van der Waals surface area contributed by atoms with Crippen molar-refractivity contribution in [2.24, 2.45) is 0 Å². The van der Waals surface area contributed by atoms with Crippen molar-refractivity contribution >= 4 is 55.4 Å². The number of hydrogen-bond donors (Lipinski definition) is 2. The number of rotatable bonds is 13. The van der Waals surface area contributed by atoms with E-state index in [0.717, 1.165) is 84.7 Å². The summed E-state index contributed by atoms with van der Waals surface area (Å²) in [4.78, 5) is 23.2. The lowest BCUT2D eigenvalue weighted by molar-refractivity contribution is -0.138. The highest BCUT2D eigenvalue weighted by molar-refractivity contribution is 9.10. The van der Waals surface area contributed by atoms with E-state index in [-0.39, 0.29) is 56.7 Å². The second-order valence-corrected chi connectivity index (χ2v) is 15.0. The predicted molar refractivity (Wildman–Crippen MR) is 233 cm³/mol. The third-order valence-corrected chi connectivity index (χ3v) is 10.3. The lowest BCUT2D eigenvalue weighted by Crippen LogP contribution is -2.08. The van der Waals surface area contributed by atoms with Gasteiger partial charge in [0.05, 0.1) is 26.4 Å². The normalized spacial score (nSPS) is 11.5. The van der Waals surface area contributed by atoms with Gasteiger partial charge in [0, 0.05) is 43.2 Å². The molecule has 2 N–H and O–H groups in total. The zero-order valence-corrected chi connectivity index (χ0v) is 35.7. The predicted octanol–water partition coefficient (Wildman–Crippen LogP) is 12.9. The lowest BCUT2D eigenvalue weighted by atomic mass is 10.1. The molecule has 0 saturated carbocycles. The van der Waals surface area contributed by atoms with Crippen LogP contribution >= 0.6 is 15.9 Å². The molecule has 0 bridgehead atoms. The molecule has 21 heteroatoms. The van der Waals surface area contributed by atoms with Gasteiger partial charge in [0.1, 0.15) is 70.1 Å². The Morgan fingerprint density at radius 3 is 1.45 bits per heavy atom. The van der Waals surface area contributed by atoms with E-state index in [1.807, 2.05) is 0 Å². The molecule has 8 aromatic rings. The second kappa shape index (κ2) is 20.4. The summed E-state index contributed by atoms with van der Waals surface area (Å²) in [6.07, 6.45) is -2.18. The summed E-state index contributed by atoms with van der Waals surface area (Å²) in [5, 5.41) is 5.90. The summed E-state index contributed by atoms with van der Waals surface area (Å²) >= 11 is 3.34. The van der Waals surface area contributed by atoms with Crippen molar-refractivity contribution in [3.8, 4) is 23.3 Å². The van der Waals surface area contributed by atoms with Crippen LogP contribution in [-0.4, -0.2) is 43.0 Å². The fourth-order valence-corrected chi connectivity index (χ4v) is 6.93. The third-order valence-electron chi connectivity index (χ3n) is 9.63. The molecule has 67 heavy (non-hydrogen) atoms. The quantitative estimate of drug-likeness (QED) is 0.108. The Labute approximate surface area is 381 Å². The summed E-state index contributed by atoms with van der Waals surface area (Å²) < 4.78 is 145. The van der Waals surface area contributed by atoms with Gasteiger partial charge >= 0.3 is 12.4 Å². The van der Waals surface area contributed by atoms with E-state index in [1.54, 1.807) is 36.4 Å². The van der Waals surface area contributed by atoms with Gasteiger partial charge in [-0.05, 0) is 101 Å². The zero-order valence-electron chi connectivity index (χ0n) is 34.2. The molecular formula is C46H31BrF10N8O2. The third kappa shape index (κ3) is 11.7. The van der Waals surface area contributed by atoms with Crippen LogP contribution in [0.15, 0.2) is 121 Å². The van der Waals surface area contributed by atoms with Gasteiger partial charge in [0.25, 0.3) is 0 Å². The van der Waals surface area contributed by atoms with Gasteiger partial charge in [-0.3, -0.25) is 0 Å². The average molecular weight is 998 g/mol. The molecule has 0 aliphatic carbocycles. The maximum Gasteiger partial charge on any atom is 0.416 e. The first-order valence-electron chi connectivity index (χ1n) is 19.6.